The minimum Gasteiger partial charge on any atom is -0.330 e. The summed E-state index contributed by atoms with van der Waals surface area (Å²) in [5.74, 6) is -0.640. The van der Waals surface area contributed by atoms with Crippen molar-refractivity contribution in [3.05, 3.63) is 35.9 Å². The van der Waals surface area contributed by atoms with Crippen molar-refractivity contribution in [2.45, 2.75) is 26.6 Å². The van der Waals surface area contributed by atoms with Gasteiger partial charge in [0.05, 0.1) is 6.61 Å². The molecule has 0 bridgehead atoms. The fraction of sp³-hybridized carbons (Fsp3) is 0.500. The number of benzene rings is 1. The molecular formula is C14H22NO3P. The van der Waals surface area contributed by atoms with Crippen LogP contribution in [-0.2, 0) is 13.9 Å². The Morgan fingerprint density at radius 2 is 1.89 bits per heavy atom. The maximum Gasteiger partial charge on any atom is 0.229 e. The third kappa shape index (κ3) is 3.68. The molecule has 1 rings (SSSR count). The van der Waals surface area contributed by atoms with Gasteiger partial charge in [-0.2, -0.15) is 0 Å². The van der Waals surface area contributed by atoms with Gasteiger partial charge < -0.3 is 9.42 Å². The van der Waals surface area contributed by atoms with E-state index in [4.69, 9.17) is 4.52 Å². The monoisotopic (exact) mass is 283 g/mol. The summed E-state index contributed by atoms with van der Waals surface area (Å²) in [6.45, 7) is 5.50. The lowest BCUT2D eigenvalue weighted by atomic mass is 10.2. The van der Waals surface area contributed by atoms with E-state index >= 15 is 0 Å². The second-order valence-electron chi connectivity index (χ2n) is 4.37. The normalized spacial score (nSPS) is 15.6. The summed E-state index contributed by atoms with van der Waals surface area (Å²) in [6, 6.07) is 9.41. The van der Waals surface area contributed by atoms with Crippen LogP contribution >= 0.6 is 7.37 Å². The van der Waals surface area contributed by atoms with Crippen LogP contribution in [0.25, 0.3) is 0 Å². The van der Waals surface area contributed by atoms with Crippen LogP contribution in [0.15, 0.2) is 30.3 Å². The van der Waals surface area contributed by atoms with E-state index in [1.807, 2.05) is 44.2 Å². The number of amides is 1. The molecule has 19 heavy (non-hydrogen) atoms. The van der Waals surface area contributed by atoms with Crippen molar-refractivity contribution in [2.75, 3.05) is 19.8 Å². The third-order valence-electron chi connectivity index (χ3n) is 3.12. The van der Waals surface area contributed by atoms with E-state index < -0.39 is 13.2 Å². The number of carbonyl (C=O) groups is 1. The topological polar surface area (TPSA) is 46.6 Å². The summed E-state index contributed by atoms with van der Waals surface area (Å²) in [5, 5.41) is 0. The number of hydrogen-bond acceptors (Lipinski definition) is 3. The molecule has 0 aromatic heterocycles. The lowest BCUT2D eigenvalue weighted by Crippen LogP contribution is -2.30. The third-order valence-corrected chi connectivity index (χ3v) is 6.09. The Labute approximate surface area is 115 Å². The van der Waals surface area contributed by atoms with Gasteiger partial charge in [0.1, 0.15) is 5.78 Å². The SMILES string of the molecule is CCOP(=O)(CC)C(c1ccccc1)N(C)C(C)=O. The molecular weight excluding hydrogens is 261 g/mol. The van der Waals surface area contributed by atoms with Gasteiger partial charge in [-0.1, -0.05) is 37.3 Å². The molecule has 0 N–H and O–H groups in total. The van der Waals surface area contributed by atoms with Crippen molar-refractivity contribution >= 4 is 13.3 Å². The van der Waals surface area contributed by atoms with Crippen molar-refractivity contribution < 1.29 is 13.9 Å². The van der Waals surface area contributed by atoms with Crippen molar-refractivity contribution in [1.82, 2.24) is 4.90 Å². The molecule has 2 atom stereocenters. The molecule has 1 aromatic carbocycles. The average molecular weight is 283 g/mol. The maximum absolute atomic E-state index is 13.0. The summed E-state index contributed by atoms with van der Waals surface area (Å²) >= 11 is 0. The van der Waals surface area contributed by atoms with Gasteiger partial charge in [0, 0.05) is 20.1 Å². The first-order valence-electron chi connectivity index (χ1n) is 6.47. The molecule has 5 heteroatoms. The Kier molecular flexibility index (Phi) is 5.77. The van der Waals surface area contributed by atoms with Crippen LogP contribution in [0.1, 0.15) is 32.1 Å². The number of rotatable bonds is 6. The van der Waals surface area contributed by atoms with Crippen LogP contribution in [0.5, 0.6) is 0 Å². The van der Waals surface area contributed by atoms with E-state index in [1.54, 1.807) is 7.05 Å². The second kappa shape index (κ2) is 6.88. The molecule has 0 aliphatic rings. The smallest absolute Gasteiger partial charge is 0.229 e. The van der Waals surface area contributed by atoms with Crippen molar-refractivity contribution in [1.29, 1.82) is 0 Å². The highest BCUT2D eigenvalue weighted by atomic mass is 31.2. The summed E-state index contributed by atoms with van der Waals surface area (Å²) in [7, 11) is -1.27. The summed E-state index contributed by atoms with van der Waals surface area (Å²) in [6.07, 6.45) is 0.401. The molecule has 0 heterocycles. The summed E-state index contributed by atoms with van der Waals surface area (Å²) in [4.78, 5) is 13.2. The zero-order valence-electron chi connectivity index (χ0n) is 12.0. The van der Waals surface area contributed by atoms with Gasteiger partial charge in [-0.15, -0.1) is 0 Å². The molecule has 4 nitrogen and oxygen atoms in total. The maximum atomic E-state index is 13.0. The highest BCUT2D eigenvalue weighted by molar-refractivity contribution is 7.59. The van der Waals surface area contributed by atoms with Crippen molar-refractivity contribution in [3.63, 3.8) is 0 Å². The fourth-order valence-corrected chi connectivity index (χ4v) is 4.49. The van der Waals surface area contributed by atoms with Crippen LogP contribution in [-0.4, -0.2) is 30.6 Å². The zero-order valence-corrected chi connectivity index (χ0v) is 12.9. The van der Waals surface area contributed by atoms with Gasteiger partial charge in [0.15, 0.2) is 0 Å². The first-order valence-corrected chi connectivity index (χ1v) is 8.35. The van der Waals surface area contributed by atoms with Crippen LogP contribution < -0.4 is 0 Å². The summed E-state index contributed by atoms with van der Waals surface area (Å²) < 4.78 is 18.5. The first-order chi connectivity index (χ1) is 8.96. The molecule has 0 saturated carbocycles. The van der Waals surface area contributed by atoms with Gasteiger partial charge >= 0.3 is 0 Å². The molecule has 2 unspecified atom stereocenters. The Morgan fingerprint density at radius 3 is 2.32 bits per heavy atom. The molecule has 1 amide bonds. The second-order valence-corrected chi connectivity index (χ2v) is 7.21. The minimum atomic E-state index is -2.94. The van der Waals surface area contributed by atoms with Crippen LogP contribution in [0, 0.1) is 0 Å². The number of nitrogens with zero attached hydrogens (tertiary/aromatic N) is 1. The Bertz CT molecular complexity index is 461. The lowest BCUT2D eigenvalue weighted by Gasteiger charge is -2.33. The quantitative estimate of drug-likeness (QED) is 0.751. The van der Waals surface area contributed by atoms with Crippen LogP contribution in [0.3, 0.4) is 0 Å². The van der Waals surface area contributed by atoms with E-state index in [0.29, 0.717) is 12.8 Å². The Morgan fingerprint density at radius 1 is 1.32 bits per heavy atom. The standard InChI is InChI=1S/C14H22NO3P/c1-5-18-19(17,6-2)14(15(4)12(3)16)13-10-8-7-9-11-13/h7-11,14H,5-6H2,1-4H3. The van der Waals surface area contributed by atoms with E-state index in [9.17, 15) is 9.36 Å². The molecule has 0 aliphatic heterocycles. The van der Waals surface area contributed by atoms with Crippen molar-refractivity contribution in [3.8, 4) is 0 Å². The predicted octanol–water partition coefficient (Wildman–Crippen LogP) is 3.50. The van der Waals surface area contributed by atoms with Gasteiger partial charge in [0.25, 0.3) is 0 Å². The number of carbonyl (C=O) groups excluding carboxylic acids is 1. The predicted molar refractivity (Wildman–Crippen MR) is 77.4 cm³/mol. The number of hydrogen-bond donors (Lipinski definition) is 0. The average Bonchev–Trinajstić information content (AvgIpc) is 2.40. The summed E-state index contributed by atoms with van der Waals surface area (Å²) in [5.41, 5.74) is 0.846. The van der Waals surface area contributed by atoms with Crippen molar-refractivity contribution in [2.24, 2.45) is 0 Å². The highest BCUT2D eigenvalue weighted by Crippen LogP contribution is 2.60. The van der Waals surface area contributed by atoms with E-state index in [-0.39, 0.29) is 5.91 Å². The molecule has 1 aromatic rings. The van der Waals surface area contributed by atoms with Gasteiger partial charge in [-0.05, 0) is 12.5 Å². The zero-order chi connectivity index (χ0) is 14.5. The molecule has 106 valence electrons. The molecule has 0 radical (unpaired) electrons. The van der Waals surface area contributed by atoms with Gasteiger partial charge in [0.2, 0.25) is 13.3 Å². The highest BCUT2D eigenvalue weighted by Gasteiger charge is 2.37. The van der Waals surface area contributed by atoms with Crippen LogP contribution in [0.2, 0.25) is 0 Å². The van der Waals surface area contributed by atoms with E-state index in [2.05, 4.69) is 0 Å². The molecule has 0 saturated heterocycles. The van der Waals surface area contributed by atoms with Gasteiger partial charge in [-0.3, -0.25) is 9.36 Å². The van der Waals surface area contributed by atoms with E-state index in [0.717, 1.165) is 5.56 Å². The molecule has 0 fully saturated rings. The Hall–Kier alpha value is -1.12. The minimum absolute atomic E-state index is 0.123. The first kappa shape index (κ1) is 15.9. The lowest BCUT2D eigenvalue weighted by molar-refractivity contribution is -0.128. The molecule has 0 spiro atoms. The largest absolute Gasteiger partial charge is 0.330 e. The molecule has 0 aliphatic carbocycles. The van der Waals surface area contributed by atoms with Gasteiger partial charge in [-0.25, -0.2) is 0 Å². The fourth-order valence-electron chi connectivity index (χ4n) is 2.07. The van der Waals surface area contributed by atoms with E-state index in [1.165, 1.54) is 11.8 Å². The Balaban J connectivity index is 3.27. The van der Waals surface area contributed by atoms with Crippen LogP contribution in [0.4, 0.5) is 0 Å².